The van der Waals surface area contributed by atoms with Gasteiger partial charge in [-0.05, 0) is 17.7 Å². The maximum Gasteiger partial charge on any atom is 0.339 e. The molecule has 3 N–H and O–H groups in total. The maximum absolute atomic E-state index is 12.9. The van der Waals surface area contributed by atoms with Crippen LogP contribution < -0.4 is 24.2 Å². The summed E-state index contributed by atoms with van der Waals surface area (Å²) in [5.41, 5.74) is -0.171. The normalized spacial score (nSPS) is 10.9. The van der Waals surface area contributed by atoms with Gasteiger partial charge in [0.1, 0.15) is 4.90 Å². The number of carbonyl (C=O) groups excluding carboxylic acids is 3. The molecular weight excluding hydrogens is 679 g/mol. The van der Waals surface area contributed by atoms with E-state index in [2.05, 4.69) is 37.9 Å². The Morgan fingerprint density at radius 3 is 1.98 bits per heavy atom. The van der Waals surface area contributed by atoms with Crippen molar-refractivity contribution in [1.82, 2.24) is 24.3 Å². The summed E-state index contributed by atoms with van der Waals surface area (Å²) < 4.78 is 66.8. The van der Waals surface area contributed by atoms with Gasteiger partial charge in [-0.25, -0.2) is 35.9 Å². The SMILES string of the molecule is C=CCN(CC=C)C(=O)C(Cl)Cl.COC(=O)c1ccc(CNS(C)(=O)=O)cc1S(=O)(=O)NC(=O)Nc1nc(OC)cc(OC)n1. The first-order valence-electron chi connectivity index (χ1n) is 12.3. The minimum Gasteiger partial charge on any atom is -0.481 e. The number of nitrogens with one attached hydrogen (secondary N) is 3. The molecular formula is C25H32Cl2N6O10S2. The molecule has 1 aromatic carbocycles. The molecule has 0 fully saturated rings. The molecule has 0 spiro atoms. The highest BCUT2D eigenvalue weighted by Crippen LogP contribution is 2.20. The largest absolute Gasteiger partial charge is 0.481 e. The quantitative estimate of drug-likeness (QED) is 0.146. The number of esters is 1. The molecule has 0 aliphatic rings. The fourth-order valence-electron chi connectivity index (χ4n) is 3.07. The monoisotopic (exact) mass is 710 g/mol. The Morgan fingerprint density at radius 2 is 1.53 bits per heavy atom. The zero-order valence-electron chi connectivity index (χ0n) is 24.6. The van der Waals surface area contributed by atoms with E-state index in [9.17, 15) is 31.2 Å². The number of alkyl halides is 2. The molecule has 0 saturated heterocycles. The van der Waals surface area contributed by atoms with Crippen molar-refractivity contribution in [2.45, 2.75) is 16.3 Å². The van der Waals surface area contributed by atoms with Crippen LogP contribution in [0.15, 0.2) is 54.5 Å². The van der Waals surface area contributed by atoms with Gasteiger partial charge < -0.3 is 19.1 Å². The predicted octanol–water partition coefficient (Wildman–Crippen LogP) is 1.83. The van der Waals surface area contributed by atoms with E-state index in [1.54, 1.807) is 16.9 Å². The van der Waals surface area contributed by atoms with Crippen molar-refractivity contribution in [3.8, 4) is 11.8 Å². The molecule has 45 heavy (non-hydrogen) atoms. The van der Waals surface area contributed by atoms with E-state index in [0.29, 0.717) is 13.1 Å². The molecule has 0 bridgehead atoms. The van der Waals surface area contributed by atoms with Crippen molar-refractivity contribution < 1.29 is 45.4 Å². The third-order valence-electron chi connectivity index (χ3n) is 5.03. The first-order valence-corrected chi connectivity index (χ1v) is 16.5. The number of amides is 3. The Balaban J connectivity index is 0.000000712. The molecule has 20 heteroatoms. The van der Waals surface area contributed by atoms with Gasteiger partial charge in [-0.2, -0.15) is 9.97 Å². The topological polar surface area (TPSA) is 212 Å². The molecule has 3 amide bonds. The highest BCUT2D eigenvalue weighted by Gasteiger charge is 2.26. The Morgan fingerprint density at radius 1 is 0.978 bits per heavy atom. The first kappa shape index (κ1) is 39.1. The summed E-state index contributed by atoms with van der Waals surface area (Å²) in [5.74, 6) is -1.55. The molecule has 0 saturated carbocycles. The highest BCUT2D eigenvalue weighted by atomic mass is 35.5. The van der Waals surface area contributed by atoms with Crippen LogP contribution in [0.25, 0.3) is 0 Å². The molecule has 1 heterocycles. The number of anilines is 1. The van der Waals surface area contributed by atoms with Gasteiger partial charge in [0.05, 0.1) is 39.2 Å². The van der Waals surface area contributed by atoms with Crippen LogP contribution in [0.5, 0.6) is 11.8 Å². The number of methoxy groups -OCH3 is 3. The number of halogens is 2. The number of ether oxygens (including phenoxy) is 3. The summed E-state index contributed by atoms with van der Waals surface area (Å²) in [6.45, 7) is 7.63. The van der Waals surface area contributed by atoms with Crippen molar-refractivity contribution in [1.29, 1.82) is 0 Å². The number of rotatable bonds is 14. The zero-order valence-corrected chi connectivity index (χ0v) is 27.7. The van der Waals surface area contributed by atoms with E-state index < -0.39 is 41.8 Å². The van der Waals surface area contributed by atoms with Gasteiger partial charge in [-0.1, -0.05) is 41.4 Å². The standard InChI is InChI=1S/C17H21N5O9S2.C8H11Cl2NO/c1-29-13-8-14(30-2)20-16(19-13)21-17(24)22-33(27,28)12-7-10(9-18-32(4,25)26)5-6-11(12)15(23)31-3;1-3-5-11(6-4-2)8(12)7(9)10/h5-8,18H,9H2,1-4H3,(H2,19,20,21,22,24);3-4,7H,1-2,5-6H2. The molecule has 2 rings (SSSR count). The number of sulfonamides is 2. The Kier molecular flexibility index (Phi) is 15.7. The first-order chi connectivity index (χ1) is 21.0. The highest BCUT2D eigenvalue weighted by molar-refractivity contribution is 7.90. The summed E-state index contributed by atoms with van der Waals surface area (Å²) in [7, 11) is -4.53. The van der Waals surface area contributed by atoms with E-state index in [0.717, 1.165) is 25.5 Å². The number of hydrogen-bond donors (Lipinski definition) is 3. The van der Waals surface area contributed by atoms with E-state index in [1.807, 2.05) is 0 Å². The fourth-order valence-corrected chi connectivity index (χ4v) is 4.93. The average molecular weight is 712 g/mol. The van der Waals surface area contributed by atoms with Crippen molar-refractivity contribution in [3.63, 3.8) is 0 Å². The van der Waals surface area contributed by atoms with Gasteiger partial charge in [0.2, 0.25) is 27.7 Å². The minimum absolute atomic E-state index is 0.0408. The molecule has 2 aromatic rings. The van der Waals surface area contributed by atoms with Gasteiger partial charge in [-0.3, -0.25) is 10.1 Å². The van der Waals surface area contributed by atoms with Crippen molar-refractivity contribution >= 4 is 67.1 Å². The molecule has 1 aromatic heterocycles. The number of benzene rings is 1. The lowest BCUT2D eigenvalue weighted by atomic mass is 10.1. The molecule has 248 valence electrons. The second-order valence-corrected chi connectivity index (χ2v) is 13.0. The number of aromatic nitrogens is 2. The van der Waals surface area contributed by atoms with Gasteiger partial charge >= 0.3 is 12.0 Å². The molecule has 0 atom stereocenters. The second kappa shape index (κ2) is 18.1. The summed E-state index contributed by atoms with van der Waals surface area (Å²) >= 11 is 10.8. The Hall–Kier alpha value is -3.97. The van der Waals surface area contributed by atoms with Gasteiger partial charge in [0.15, 0.2) is 4.84 Å². The van der Waals surface area contributed by atoms with Crippen molar-refractivity contribution in [3.05, 3.63) is 60.7 Å². The molecule has 0 radical (unpaired) electrons. The molecule has 0 aliphatic carbocycles. The predicted molar refractivity (Wildman–Crippen MR) is 166 cm³/mol. The van der Waals surface area contributed by atoms with E-state index in [-0.39, 0.29) is 41.3 Å². The van der Waals surface area contributed by atoms with E-state index in [1.165, 1.54) is 31.3 Å². The Labute approximate surface area is 270 Å². The van der Waals surface area contributed by atoms with Crippen LogP contribution in [0.3, 0.4) is 0 Å². The molecule has 0 aliphatic heterocycles. The third-order valence-corrected chi connectivity index (χ3v) is 7.44. The van der Waals surface area contributed by atoms with Gasteiger partial charge in [0.25, 0.3) is 15.9 Å². The molecule has 0 unspecified atom stereocenters. The van der Waals surface area contributed by atoms with Crippen LogP contribution in [-0.4, -0.2) is 95.1 Å². The minimum atomic E-state index is -4.63. The van der Waals surface area contributed by atoms with Crippen LogP contribution in [0.1, 0.15) is 15.9 Å². The van der Waals surface area contributed by atoms with Gasteiger partial charge in [-0.15, -0.1) is 13.2 Å². The fraction of sp³-hybridized carbons (Fsp3) is 0.320. The van der Waals surface area contributed by atoms with E-state index in [4.69, 9.17) is 32.7 Å². The lowest BCUT2D eigenvalue weighted by Crippen LogP contribution is -2.35. The van der Waals surface area contributed by atoms with Gasteiger partial charge in [0, 0.05) is 19.6 Å². The number of nitrogens with zero attached hydrogens (tertiary/aromatic N) is 3. The average Bonchev–Trinajstić information content (AvgIpc) is 2.98. The lowest BCUT2D eigenvalue weighted by Gasteiger charge is -2.19. The van der Waals surface area contributed by atoms with Crippen LogP contribution >= 0.6 is 23.2 Å². The van der Waals surface area contributed by atoms with Crippen LogP contribution in [-0.2, 0) is 36.1 Å². The number of hydrogen-bond acceptors (Lipinski definition) is 12. The second-order valence-electron chi connectivity index (χ2n) is 8.37. The van der Waals surface area contributed by atoms with Crippen molar-refractivity contribution in [2.24, 2.45) is 0 Å². The number of urea groups is 1. The van der Waals surface area contributed by atoms with Crippen molar-refractivity contribution in [2.75, 3.05) is 46.0 Å². The van der Waals surface area contributed by atoms with Crippen LogP contribution in [0.4, 0.5) is 10.7 Å². The smallest absolute Gasteiger partial charge is 0.339 e. The van der Waals surface area contributed by atoms with Crippen LogP contribution in [0.2, 0.25) is 0 Å². The summed E-state index contributed by atoms with van der Waals surface area (Å²) in [5, 5.41) is 2.12. The lowest BCUT2D eigenvalue weighted by molar-refractivity contribution is -0.128. The summed E-state index contributed by atoms with van der Waals surface area (Å²) in [4.78, 5) is 43.1. The van der Waals surface area contributed by atoms with Crippen LogP contribution in [0, 0.1) is 0 Å². The summed E-state index contributed by atoms with van der Waals surface area (Å²) in [6.07, 6.45) is 4.14. The maximum atomic E-state index is 12.9. The number of carbonyl (C=O) groups is 3. The molecule has 16 nitrogen and oxygen atoms in total. The Bertz CT molecular complexity index is 1570. The third kappa shape index (κ3) is 13.3. The zero-order chi connectivity index (χ0) is 34.4. The summed E-state index contributed by atoms with van der Waals surface area (Å²) in [6, 6.07) is 3.58. The van der Waals surface area contributed by atoms with E-state index >= 15 is 0 Å².